The first-order valence-electron chi connectivity index (χ1n) is 20.3. The lowest BCUT2D eigenvalue weighted by Gasteiger charge is -2.12. The summed E-state index contributed by atoms with van der Waals surface area (Å²) in [5.74, 6) is 0.226. The molecule has 0 saturated heterocycles. The molecule has 0 aromatic rings. The Morgan fingerprint density at radius 2 is 1.08 bits per heavy atom. The quantitative estimate of drug-likeness (QED) is 0.0296. The normalized spacial score (nSPS) is 14.1. The molecule has 0 aromatic carbocycles. The van der Waals surface area contributed by atoms with E-state index in [0.29, 0.717) is 19.3 Å². The van der Waals surface area contributed by atoms with Gasteiger partial charge in [-0.2, -0.15) is 0 Å². The zero-order valence-electron chi connectivity index (χ0n) is 32.4. The van der Waals surface area contributed by atoms with Gasteiger partial charge in [0, 0.05) is 12.8 Å². The predicted octanol–water partition coefficient (Wildman–Crippen LogP) is 11.6. The smallest absolute Gasteiger partial charge is 0.305 e. The number of aliphatic hydroxyl groups is 2. The SMILES string of the molecule is CC/C=C\C/C=C\CC(O)/C=C/C=C\C/C=C\CCCC(=O)OC[C@H](O)COC(=O)CCCCCCCCCCCCCCCCC(C)CC. The van der Waals surface area contributed by atoms with Crippen molar-refractivity contribution in [1.29, 1.82) is 0 Å². The summed E-state index contributed by atoms with van der Waals surface area (Å²) in [6.45, 7) is 6.45. The molecule has 50 heavy (non-hydrogen) atoms. The molecule has 0 amide bonds. The van der Waals surface area contributed by atoms with Crippen LogP contribution in [0.1, 0.15) is 175 Å². The third-order valence-corrected chi connectivity index (χ3v) is 8.89. The summed E-state index contributed by atoms with van der Waals surface area (Å²) < 4.78 is 10.3. The number of hydrogen-bond donors (Lipinski definition) is 2. The van der Waals surface area contributed by atoms with Gasteiger partial charge in [-0.15, -0.1) is 0 Å². The number of carbonyl (C=O) groups is 2. The molecule has 3 atom stereocenters. The largest absolute Gasteiger partial charge is 0.463 e. The standard InChI is InChI=1S/C44H76O6/c1-4-6-7-8-24-29-34-41(45)35-30-25-20-17-18-22-27-32-37-44(48)50-39-42(46)38-49-43(47)36-31-26-21-16-14-12-10-9-11-13-15-19-23-28-33-40(3)5-2/h6-7,18,20,22,24-25,29-30,35,40-42,45-46H,4-5,8-17,19,21,23,26-28,31-34,36-39H2,1-3H3/b7-6-,22-18-,25-20-,29-24-,35-30+/t40?,41?,42-/m1/s1. The number of rotatable bonds is 35. The fraction of sp³-hybridized carbons (Fsp3) is 0.727. The van der Waals surface area contributed by atoms with E-state index in [9.17, 15) is 19.8 Å². The summed E-state index contributed by atoms with van der Waals surface area (Å²) in [5, 5.41) is 20.0. The number of carbonyl (C=O) groups excluding carboxylic acids is 2. The summed E-state index contributed by atoms with van der Waals surface area (Å²) in [5.41, 5.74) is 0. The molecular weight excluding hydrogens is 624 g/mol. The molecule has 0 bridgehead atoms. The minimum absolute atomic E-state index is 0.150. The van der Waals surface area contributed by atoms with Gasteiger partial charge in [0.25, 0.3) is 0 Å². The second-order valence-electron chi connectivity index (χ2n) is 13.8. The topological polar surface area (TPSA) is 93.1 Å². The van der Waals surface area contributed by atoms with E-state index in [1.165, 1.54) is 83.5 Å². The van der Waals surface area contributed by atoms with Crippen LogP contribution in [0.3, 0.4) is 0 Å². The van der Waals surface area contributed by atoms with Crippen molar-refractivity contribution in [3.8, 4) is 0 Å². The average molecular weight is 701 g/mol. The lowest BCUT2D eigenvalue weighted by Crippen LogP contribution is -2.25. The van der Waals surface area contributed by atoms with Crippen molar-refractivity contribution in [1.82, 2.24) is 0 Å². The Hall–Kier alpha value is -2.44. The van der Waals surface area contributed by atoms with E-state index in [0.717, 1.165) is 50.9 Å². The van der Waals surface area contributed by atoms with Crippen LogP contribution in [-0.4, -0.2) is 47.6 Å². The van der Waals surface area contributed by atoms with Crippen molar-refractivity contribution in [2.24, 2.45) is 5.92 Å². The first-order valence-corrected chi connectivity index (χ1v) is 20.3. The van der Waals surface area contributed by atoms with Crippen molar-refractivity contribution in [2.45, 2.75) is 187 Å². The molecule has 0 rings (SSSR count). The zero-order chi connectivity index (χ0) is 36.8. The number of esters is 2. The molecule has 6 nitrogen and oxygen atoms in total. The molecule has 0 radical (unpaired) electrons. The summed E-state index contributed by atoms with van der Waals surface area (Å²) in [6.07, 6.45) is 44.5. The van der Waals surface area contributed by atoms with Gasteiger partial charge in [-0.05, 0) is 50.9 Å². The van der Waals surface area contributed by atoms with Crippen LogP contribution in [0.4, 0.5) is 0 Å². The second kappa shape index (κ2) is 37.8. The van der Waals surface area contributed by atoms with Gasteiger partial charge < -0.3 is 19.7 Å². The number of aliphatic hydroxyl groups excluding tert-OH is 2. The van der Waals surface area contributed by atoms with Gasteiger partial charge in [-0.25, -0.2) is 0 Å². The monoisotopic (exact) mass is 701 g/mol. The fourth-order valence-corrected chi connectivity index (χ4v) is 5.42. The summed E-state index contributed by atoms with van der Waals surface area (Å²) in [6, 6.07) is 0. The van der Waals surface area contributed by atoms with E-state index < -0.39 is 12.2 Å². The highest BCUT2D eigenvalue weighted by Crippen LogP contribution is 2.16. The van der Waals surface area contributed by atoms with E-state index in [1.807, 2.05) is 36.5 Å². The minimum Gasteiger partial charge on any atom is -0.463 e. The van der Waals surface area contributed by atoms with E-state index in [4.69, 9.17) is 9.47 Å². The average Bonchev–Trinajstić information content (AvgIpc) is 3.11. The van der Waals surface area contributed by atoms with Gasteiger partial charge >= 0.3 is 11.9 Å². The molecule has 2 unspecified atom stereocenters. The molecule has 0 aliphatic heterocycles. The van der Waals surface area contributed by atoms with Crippen LogP contribution in [0.5, 0.6) is 0 Å². The third-order valence-electron chi connectivity index (χ3n) is 8.89. The Morgan fingerprint density at radius 3 is 1.66 bits per heavy atom. The van der Waals surface area contributed by atoms with Gasteiger partial charge in [0.05, 0.1) is 6.10 Å². The summed E-state index contributed by atoms with van der Waals surface area (Å²) in [4.78, 5) is 23.9. The Labute approximate surface area is 307 Å². The number of allylic oxidation sites excluding steroid dienone is 8. The van der Waals surface area contributed by atoms with Crippen molar-refractivity contribution in [2.75, 3.05) is 13.2 Å². The summed E-state index contributed by atoms with van der Waals surface area (Å²) >= 11 is 0. The van der Waals surface area contributed by atoms with Gasteiger partial charge in [0.15, 0.2) is 0 Å². The van der Waals surface area contributed by atoms with Crippen LogP contribution in [0, 0.1) is 5.92 Å². The lowest BCUT2D eigenvalue weighted by atomic mass is 9.99. The van der Waals surface area contributed by atoms with Crippen molar-refractivity contribution in [3.63, 3.8) is 0 Å². The first-order chi connectivity index (χ1) is 24.4. The van der Waals surface area contributed by atoms with E-state index in [2.05, 4.69) is 39.0 Å². The Morgan fingerprint density at radius 1 is 0.580 bits per heavy atom. The van der Waals surface area contributed by atoms with Crippen LogP contribution in [0.15, 0.2) is 60.8 Å². The maximum absolute atomic E-state index is 12.0. The van der Waals surface area contributed by atoms with Crippen LogP contribution in [0.25, 0.3) is 0 Å². The van der Waals surface area contributed by atoms with E-state index in [-0.39, 0.29) is 31.6 Å². The maximum atomic E-state index is 12.0. The molecule has 0 aliphatic carbocycles. The highest BCUT2D eigenvalue weighted by Gasteiger charge is 2.12. The maximum Gasteiger partial charge on any atom is 0.305 e. The van der Waals surface area contributed by atoms with Crippen molar-refractivity contribution in [3.05, 3.63) is 60.8 Å². The Bertz CT molecular complexity index is 917. The van der Waals surface area contributed by atoms with Gasteiger partial charge in [0.1, 0.15) is 19.3 Å². The number of unbranched alkanes of at least 4 members (excludes halogenated alkanes) is 14. The Balaban J connectivity index is 3.59. The molecule has 6 heteroatoms. The van der Waals surface area contributed by atoms with Crippen molar-refractivity contribution < 1.29 is 29.3 Å². The number of ether oxygens (including phenoxy) is 2. The van der Waals surface area contributed by atoms with Crippen LogP contribution < -0.4 is 0 Å². The van der Waals surface area contributed by atoms with Crippen LogP contribution in [0.2, 0.25) is 0 Å². The highest BCUT2D eigenvalue weighted by atomic mass is 16.6. The molecule has 288 valence electrons. The molecular formula is C44H76O6. The van der Waals surface area contributed by atoms with Gasteiger partial charge in [-0.3, -0.25) is 9.59 Å². The highest BCUT2D eigenvalue weighted by molar-refractivity contribution is 5.69. The summed E-state index contributed by atoms with van der Waals surface area (Å²) in [7, 11) is 0. The minimum atomic E-state index is -1.01. The fourth-order valence-electron chi connectivity index (χ4n) is 5.42. The molecule has 0 spiro atoms. The molecule has 0 saturated carbocycles. The zero-order valence-corrected chi connectivity index (χ0v) is 32.4. The number of hydrogen-bond acceptors (Lipinski definition) is 6. The second-order valence-corrected chi connectivity index (χ2v) is 13.8. The van der Waals surface area contributed by atoms with Crippen LogP contribution >= 0.6 is 0 Å². The predicted molar refractivity (Wildman–Crippen MR) is 211 cm³/mol. The first kappa shape index (κ1) is 47.6. The van der Waals surface area contributed by atoms with Gasteiger partial charge in [0.2, 0.25) is 0 Å². The molecule has 0 aromatic heterocycles. The molecule has 0 heterocycles. The third kappa shape index (κ3) is 36.8. The molecule has 0 aliphatic rings. The van der Waals surface area contributed by atoms with Crippen molar-refractivity contribution >= 4 is 11.9 Å². The van der Waals surface area contributed by atoms with Gasteiger partial charge in [-0.1, -0.05) is 178 Å². The van der Waals surface area contributed by atoms with E-state index >= 15 is 0 Å². The lowest BCUT2D eigenvalue weighted by molar-refractivity contribution is -0.152. The molecule has 2 N–H and O–H groups in total. The molecule has 0 fully saturated rings. The van der Waals surface area contributed by atoms with E-state index in [1.54, 1.807) is 6.08 Å². The Kier molecular flexibility index (Phi) is 36.0. The van der Waals surface area contributed by atoms with Crippen LogP contribution in [-0.2, 0) is 19.1 Å².